The first-order valence-electron chi connectivity index (χ1n) is 6.16. The van der Waals surface area contributed by atoms with Crippen molar-refractivity contribution in [2.24, 2.45) is 5.92 Å². The van der Waals surface area contributed by atoms with Crippen LogP contribution in [0.3, 0.4) is 0 Å². The second-order valence-corrected chi connectivity index (χ2v) is 5.20. The van der Waals surface area contributed by atoms with Crippen molar-refractivity contribution in [3.63, 3.8) is 0 Å². The summed E-state index contributed by atoms with van der Waals surface area (Å²) in [5.41, 5.74) is 2.77. The number of ketones is 1. The number of Topliss-reactive ketones (excluding diaryl/α,β-unsaturated/α-hetero) is 1. The van der Waals surface area contributed by atoms with Crippen molar-refractivity contribution in [2.75, 3.05) is 0 Å². The summed E-state index contributed by atoms with van der Waals surface area (Å²) in [6.07, 6.45) is 4.02. The van der Waals surface area contributed by atoms with Gasteiger partial charge >= 0.3 is 0 Å². The van der Waals surface area contributed by atoms with Gasteiger partial charge in [-0.2, -0.15) is 0 Å². The topological polar surface area (TPSA) is 26.3 Å². The van der Waals surface area contributed by atoms with Crippen LogP contribution in [0.15, 0.2) is 18.2 Å². The monoisotopic (exact) mass is 214 g/mol. The Morgan fingerprint density at radius 3 is 3.00 bits per heavy atom. The number of hydrogen-bond acceptors (Lipinski definition) is 2. The third kappa shape index (κ3) is 0.952. The van der Waals surface area contributed by atoms with Crippen LogP contribution in [0.1, 0.15) is 36.3 Å². The second kappa shape index (κ2) is 2.88. The smallest absolute Gasteiger partial charge is 0.173 e. The van der Waals surface area contributed by atoms with Gasteiger partial charge in [-0.3, -0.25) is 4.79 Å². The fourth-order valence-electron chi connectivity index (χ4n) is 3.71. The van der Waals surface area contributed by atoms with E-state index >= 15 is 0 Å². The molecule has 1 fully saturated rings. The van der Waals surface area contributed by atoms with Crippen molar-refractivity contribution >= 4 is 5.78 Å². The summed E-state index contributed by atoms with van der Waals surface area (Å²) in [6.45, 7) is 0. The highest BCUT2D eigenvalue weighted by atomic mass is 16.5. The quantitative estimate of drug-likeness (QED) is 0.663. The summed E-state index contributed by atoms with van der Waals surface area (Å²) >= 11 is 0. The van der Waals surface area contributed by atoms with Gasteiger partial charge in [-0.1, -0.05) is 12.1 Å². The summed E-state index contributed by atoms with van der Waals surface area (Å²) < 4.78 is 5.86. The van der Waals surface area contributed by atoms with Gasteiger partial charge in [0.15, 0.2) is 11.9 Å². The minimum Gasteiger partial charge on any atom is -0.482 e. The molecular weight excluding hydrogens is 200 g/mol. The summed E-state index contributed by atoms with van der Waals surface area (Å²) in [6, 6.07) is 6.27. The molecule has 3 atom stereocenters. The molecule has 0 saturated heterocycles. The minimum atomic E-state index is -0.157. The Kier molecular flexibility index (Phi) is 1.58. The first-order chi connectivity index (χ1) is 7.84. The van der Waals surface area contributed by atoms with Crippen LogP contribution in [0.5, 0.6) is 5.75 Å². The molecule has 0 spiro atoms. The van der Waals surface area contributed by atoms with Crippen LogP contribution in [0.4, 0.5) is 0 Å². The van der Waals surface area contributed by atoms with Crippen LogP contribution < -0.4 is 4.74 Å². The maximum Gasteiger partial charge on any atom is 0.173 e. The number of hydrogen-bond donors (Lipinski definition) is 0. The van der Waals surface area contributed by atoms with Crippen molar-refractivity contribution in [1.82, 2.24) is 0 Å². The molecule has 1 heterocycles. The number of ether oxygens (including phenoxy) is 1. The van der Waals surface area contributed by atoms with Gasteiger partial charge in [0.05, 0.1) is 0 Å². The highest BCUT2D eigenvalue weighted by molar-refractivity contribution is 5.87. The average Bonchev–Trinajstić information content (AvgIpc) is 2.70. The summed E-state index contributed by atoms with van der Waals surface area (Å²) in [5.74, 6) is 2.35. The lowest BCUT2D eigenvalue weighted by molar-refractivity contribution is -0.129. The molecule has 82 valence electrons. The highest BCUT2D eigenvalue weighted by Crippen LogP contribution is 2.52. The molecule has 1 aliphatic heterocycles. The normalized spacial score (nSPS) is 34.5. The largest absolute Gasteiger partial charge is 0.482 e. The van der Waals surface area contributed by atoms with Gasteiger partial charge in [-0.15, -0.1) is 0 Å². The van der Waals surface area contributed by atoms with Crippen molar-refractivity contribution in [3.8, 4) is 5.75 Å². The fraction of sp³-hybridized carbons (Fsp3) is 0.500. The van der Waals surface area contributed by atoms with E-state index in [0.717, 1.165) is 25.0 Å². The molecule has 0 aromatic heterocycles. The molecule has 1 saturated carbocycles. The molecule has 3 aliphatic rings. The molecule has 2 nitrogen and oxygen atoms in total. The molecule has 16 heavy (non-hydrogen) atoms. The van der Waals surface area contributed by atoms with Crippen LogP contribution in [-0.2, 0) is 11.2 Å². The molecule has 0 bridgehead atoms. The van der Waals surface area contributed by atoms with Crippen LogP contribution >= 0.6 is 0 Å². The van der Waals surface area contributed by atoms with E-state index in [9.17, 15) is 4.79 Å². The maximum atomic E-state index is 11.9. The van der Waals surface area contributed by atoms with E-state index in [1.165, 1.54) is 17.5 Å². The second-order valence-electron chi connectivity index (χ2n) is 5.20. The van der Waals surface area contributed by atoms with E-state index in [1.807, 2.05) is 6.07 Å². The summed E-state index contributed by atoms with van der Waals surface area (Å²) in [7, 11) is 0. The number of carbonyl (C=O) groups excluding carboxylic acids is 1. The predicted octanol–water partition coefficient (Wildman–Crippen LogP) is 2.46. The highest BCUT2D eigenvalue weighted by Gasteiger charge is 2.48. The Labute approximate surface area is 94.6 Å². The zero-order valence-electron chi connectivity index (χ0n) is 9.11. The standard InChI is InChI=1S/C14H14O2/c15-10-7-6-9-5-4-8-2-1-3-11-12(8)13(9)14(10)16-11/h1-3,9,13-14H,4-7H2. The third-order valence-corrected chi connectivity index (χ3v) is 4.44. The van der Waals surface area contributed by atoms with Gasteiger partial charge in [0.25, 0.3) is 0 Å². The Hall–Kier alpha value is -1.31. The van der Waals surface area contributed by atoms with Gasteiger partial charge in [-0.05, 0) is 36.8 Å². The molecule has 4 rings (SSSR count). The molecule has 2 aliphatic carbocycles. The Morgan fingerprint density at radius 1 is 1.19 bits per heavy atom. The van der Waals surface area contributed by atoms with Crippen LogP contribution in [0, 0.1) is 5.92 Å². The van der Waals surface area contributed by atoms with Gasteiger partial charge < -0.3 is 4.74 Å². The number of aryl methyl sites for hydroxylation is 1. The van der Waals surface area contributed by atoms with E-state index in [0.29, 0.717) is 17.6 Å². The SMILES string of the molecule is O=C1CCC2CCc3cccc4c3C2C1O4. The van der Waals surface area contributed by atoms with E-state index in [2.05, 4.69) is 12.1 Å². The van der Waals surface area contributed by atoms with Crippen molar-refractivity contribution in [3.05, 3.63) is 29.3 Å². The summed E-state index contributed by atoms with van der Waals surface area (Å²) in [4.78, 5) is 11.9. The lowest BCUT2D eigenvalue weighted by Crippen LogP contribution is -2.39. The maximum absolute atomic E-state index is 11.9. The zero-order valence-corrected chi connectivity index (χ0v) is 9.11. The fourth-order valence-corrected chi connectivity index (χ4v) is 3.71. The van der Waals surface area contributed by atoms with Gasteiger partial charge in [0.1, 0.15) is 5.75 Å². The van der Waals surface area contributed by atoms with Crippen LogP contribution in [-0.4, -0.2) is 11.9 Å². The molecule has 1 aromatic carbocycles. The van der Waals surface area contributed by atoms with Crippen molar-refractivity contribution in [1.29, 1.82) is 0 Å². The molecule has 2 heteroatoms. The number of carbonyl (C=O) groups is 1. The van der Waals surface area contributed by atoms with Gasteiger partial charge in [0, 0.05) is 17.9 Å². The lowest BCUT2D eigenvalue weighted by Gasteiger charge is -2.35. The average molecular weight is 214 g/mol. The third-order valence-electron chi connectivity index (χ3n) is 4.44. The zero-order chi connectivity index (χ0) is 10.7. The van der Waals surface area contributed by atoms with Crippen LogP contribution in [0.2, 0.25) is 0 Å². The van der Waals surface area contributed by atoms with Crippen molar-refractivity contribution in [2.45, 2.75) is 37.7 Å². The molecular formula is C14H14O2. The van der Waals surface area contributed by atoms with Crippen LogP contribution in [0.25, 0.3) is 0 Å². The Balaban J connectivity index is 1.93. The minimum absolute atomic E-state index is 0.157. The Bertz CT molecular complexity index is 478. The van der Waals surface area contributed by atoms with Gasteiger partial charge in [0.2, 0.25) is 0 Å². The first-order valence-corrected chi connectivity index (χ1v) is 6.16. The Morgan fingerprint density at radius 2 is 2.06 bits per heavy atom. The number of benzene rings is 1. The van der Waals surface area contributed by atoms with E-state index < -0.39 is 0 Å². The summed E-state index contributed by atoms with van der Waals surface area (Å²) in [5, 5.41) is 0. The predicted molar refractivity (Wildman–Crippen MR) is 59.7 cm³/mol. The molecule has 0 radical (unpaired) electrons. The first kappa shape index (κ1) is 8.80. The molecule has 3 unspecified atom stereocenters. The molecule has 1 aromatic rings. The van der Waals surface area contributed by atoms with E-state index in [1.54, 1.807) is 0 Å². The van der Waals surface area contributed by atoms with Crippen molar-refractivity contribution < 1.29 is 9.53 Å². The lowest BCUT2D eigenvalue weighted by atomic mass is 9.67. The van der Waals surface area contributed by atoms with Gasteiger partial charge in [-0.25, -0.2) is 0 Å². The van der Waals surface area contributed by atoms with E-state index in [-0.39, 0.29) is 6.10 Å². The molecule has 0 amide bonds. The number of rotatable bonds is 0. The van der Waals surface area contributed by atoms with E-state index in [4.69, 9.17) is 4.74 Å². The molecule has 0 N–H and O–H groups in total.